The number of carbonyl (C=O) groups is 1. The molecule has 0 radical (unpaired) electrons. The SMILES string of the molecule is COc1cc(CN2CCCC(NC(=O)C3CCC3)C2)cc(OC)c1. The van der Waals surface area contributed by atoms with Gasteiger partial charge in [0.15, 0.2) is 0 Å². The monoisotopic (exact) mass is 332 g/mol. The van der Waals surface area contributed by atoms with E-state index in [9.17, 15) is 4.79 Å². The van der Waals surface area contributed by atoms with Crippen LogP contribution in [0.1, 0.15) is 37.7 Å². The van der Waals surface area contributed by atoms with Crippen molar-refractivity contribution in [1.82, 2.24) is 10.2 Å². The first kappa shape index (κ1) is 17.1. The molecule has 24 heavy (non-hydrogen) atoms. The van der Waals surface area contributed by atoms with Crippen LogP contribution < -0.4 is 14.8 Å². The molecule has 1 heterocycles. The van der Waals surface area contributed by atoms with Crippen LogP contribution in [-0.2, 0) is 11.3 Å². The highest BCUT2D eigenvalue weighted by Crippen LogP contribution is 2.27. The standard InChI is InChI=1S/C19H28N2O3/c1-23-17-9-14(10-18(11-17)24-2)12-21-8-4-7-16(13-21)20-19(22)15-5-3-6-15/h9-11,15-16H,3-8,12-13H2,1-2H3,(H,20,22). The summed E-state index contributed by atoms with van der Waals surface area (Å²) in [5.41, 5.74) is 1.18. The van der Waals surface area contributed by atoms with Crippen molar-refractivity contribution < 1.29 is 14.3 Å². The number of nitrogens with zero attached hydrogens (tertiary/aromatic N) is 1. The zero-order chi connectivity index (χ0) is 16.9. The lowest BCUT2D eigenvalue weighted by molar-refractivity contribution is -0.128. The van der Waals surface area contributed by atoms with Gasteiger partial charge in [-0.15, -0.1) is 0 Å². The largest absolute Gasteiger partial charge is 0.497 e. The maximum absolute atomic E-state index is 12.2. The van der Waals surface area contributed by atoms with Crippen LogP contribution in [0.25, 0.3) is 0 Å². The molecular weight excluding hydrogens is 304 g/mol. The smallest absolute Gasteiger partial charge is 0.223 e. The number of rotatable bonds is 6. The first-order chi connectivity index (χ1) is 11.7. The minimum atomic E-state index is 0.260. The van der Waals surface area contributed by atoms with Gasteiger partial charge in [-0.05, 0) is 49.9 Å². The van der Waals surface area contributed by atoms with E-state index in [1.54, 1.807) is 14.2 Å². The van der Waals surface area contributed by atoms with Crippen LogP contribution in [0.5, 0.6) is 11.5 Å². The number of carbonyl (C=O) groups excluding carboxylic acids is 1. The molecule has 0 spiro atoms. The Bertz CT molecular complexity index is 549. The fourth-order valence-electron chi connectivity index (χ4n) is 3.52. The zero-order valence-corrected chi connectivity index (χ0v) is 14.7. The molecule has 0 aromatic heterocycles. The number of hydrogen-bond donors (Lipinski definition) is 1. The first-order valence-electron chi connectivity index (χ1n) is 8.92. The maximum Gasteiger partial charge on any atom is 0.223 e. The van der Waals surface area contributed by atoms with Crippen molar-refractivity contribution in [3.8, 4) is 11.5 Å². The van der Waals surface area contributed by atoms with Crippen LogP contribution in [0.4, 0.5) is 0 Å². The number of amides is 1. The average molecular weight is 332 g/mol. The molecule has 1 saturated heterocycles. The van der Waals surface area contributed by atoms with Crippen LogP contribution >= 0.6 is 0 Å². The molecule has 132 valence electrons. The van der Waals surface area contributed by atoms with Gasteiger partial charge in [-0.25, -0.2) is 0 Å². The molecule has 5 nitrogen and oxygen atoms in total. The summed E-state index contributed by atoms with van der Waals surface area (Å²) in [5, 5.41) is 3.25. The van der Waals surface area contributed by atoms with Gasteiger partial charge in [-0.2, -0.15) is 0 Å². The van der Waals surface area contributed by atoms with Crippen molar-refractivity contribution >= 4 is 5.91 Å². The second kappa shape index (κ2) is 7.88. The van der Waals surface area contributed by atoms with Gasteiger partial charge in [0.2, 0.25) is 5.91 Å². The lowest BCUT2D eigenvalue weighted by Crippen LogP contribution is -2.49. The molecule has 2 fully saturated rings. The fraction of sp³-hybridized carbons (Fsp3) is 0.632. The number of benzene rings is 1. The van der Waals surface area contributed by atoms with E-state index >= 15 is 0 Å². The molecule has 1 aromatic rings. The first-order valence-corrected chi connectivity index (χ1v) is 8.92. The van der Waals surface area contributed by atoms with Gasteiger partial charge >= 0.3 is 0 Å². The third-order valence-electron chi connectivity index (χ3n) is 5.15. The van der Waals surface area contributed by atoms with Crippen molar-refractivity contribution in [2.75, 3.05) is 27.3 Å². The maximum atomic E-state index is 12.2. The quantitative estimate of drug-likeness (QED) is 0.870. The molecule has 1 atom stereocenters. The Labute approximate surface area is 144 Å². The summed E-state index contributed by atoms with van der Waals surface area (Å²) < 4.78 is 10.7. The number of hydrogen-bond acceptors (Lipinski definition) is 4. The Kier molecular flexibility index (Phi) is 5.61. The minimum absolute atomic E-state index is 0.260. The predicted octanol–water partition coefficient (Wildman–Crippen LogP) is 2.58. The lowest BCUT2D eigenvalue weighted by atomic mass is 9.84. The highest BCUT2D eigenvalue weighted by molar-refractivity contribution is 5.79. The Morgan fingerprint density at radius 3 is 2.42 bits per heavy atom. The molecule has 1 saturated carbocycles. The molecule has 1 aromatic carbocycles. The summed E-state index contributed by atoms with van der Waals surface area (Å²) >= 11 is 0. The predicted molar refractivity (Wildman–Crippen MR) is 93.3 cm³/mol. The Balaban J connectivity index is 1.57. The van der Waals surface area contributed by atoms with E-state index in [2.05, 4.69) is 22.3 Å². The van der Waals surface area contributed by atoms with Crippen molar-refractivity contribution in [3.63, 3.8) is 0 Å². The summed E-state index contributed by atoms with van der Waals surface area (Å²) in [6, 6.07) is 6.28. The van der Waals surface area contributed by atoms with Gasteiger partial charge in [0.05, 0.1) is 14.2 Å². The van der Waals surface area contributed by atoms with E-state index in [0.29, 0.717) is 0 Å². The number of piperidine rings is 1. The van der Waals surface area contributed by atoms with Crippen molar-refractivity contribution in [2.24, 2.45) is 5.92 Å². The van der Waals surface area contributed by atoms with Gasteiger partial charge < -0.3 is 14.8 Å². The molecule has 1 amide bonds. The Hall–Kier alpha value is -1.75. The molecule has 2 aliphatic rings. The van der Waals surface area contributed by atoms with Crippen molar-refractivity contribution in [2.45, 2.75) is 44.7 Å². The summed E-state index contributed by atoms with van der Waals surface area (Å²) in [7, 11) is 3.34. The number of ether oxygens (including phenoxy) is 2. The fourth-order valence-corrected chi connectivity index (χ4v) is 3.52. The second-order valence-electron chi connectivity index (χ2n) is 6.93. The molecule has 1 aliphatic carbocycles. The van der Waals surface area contributed by atoms with Gasteiger partial charge in [0.25, 0.3) is 0 Å². The van der Waals surface area contributed by atoms with E-state index in [0.717, 1.165) is 56.8 Å². The summed E-state index contributed by atoms with van der Waals surface area (Å²) in [5.74, 6) is 2.16. The second-order valence-corrected chi connectivity index (χ2v) is 6.93. The molecule has 1 N–H and O–H groups in total. The van der Waals surface area contributed by atoms with Gasteiger partial charge in [0.1, 0.15) is 11.5 Å². The van der Waals surface area contributed by atoms with Gasteiger partial charge in [-0.3, -0.25) is 9.69 Å². The van der Waals surface area contributed by atoms with Crippen LogP contribution in [0.3, 0.4) is 0 Å². The molecule has 1 aliphatic heterocycles. The minimum Gasteiger partial charge on any atom is -0.497 e. The van der Waals surface area contributed by atoms with Crippen molar-refractivity contribution in [3.05, 3.63) is 23.8 Å². The number of likely N-dealkylation sites (tertiary alicyclic amines) is 1. The summed E-state index contributed by atoms with van der Waals surface area (Å²) in [4.78, 5) is 14.6. The molecule has 3 rings (SSSR count). The van der Waals surface area contributed by atoms with E-state index in [4.69, 9.17) is 9.47 Å². The van der Waals surface area contributed by atoms with E-state index < -0.39 is 0 Å². The molecule has 0 bridgehead atoms. The van der Waals surface area contributed by atoms with Crippen LogP contribution in [0, 0.1) is 5.92 Å². The zero-order valence-electron chi connectivity index (χ0n) is 14.7. The molecule has 1 unspecified atom stereocenters. The van der Waals surface area contributed by atoms with Crippen LogP contribution in [0.2, 0.25) is 0 Å². The van der Waals surface area contributed by atoms with E-state index in [1.807, 2.05) is 6.07 Å². The number of nitrogens with one attached hydrogen (secondary N) is 1. The van der Waals surface area contributed by atoms with E-state index in [-0.39, 0.29) is 17.9 Å². The average Bonchev–Trinajstić information content (AvgIpc) is 2.53. The normalized spacial score (nSPS) is 21.8. The van der Waals surface area contributed by atoms with Crippen LogP contribution in [-0.4, -0.2) is 44.2 Å². The topological polar surface area (TPSA) is 50.8 Å². The van der Waals surface area contributed by atoms with Gasteiger partial charge in [-0.1, -0.05) is 6.42 Å². The lowest BCUT2D eigenvalue weighted by Gasteiger charge is -2.35. The highest BCUT2D eigenvalue weighted by atomic mass is 16.5. The third kappa shape index (κ3) is 4.20. The van der Waals surface area contributed by atoms with Crippen molar-refractivity contribution in [1.29, 1.82) is 0 Å². The van der Waals surface area contributed by atoms with Crippen LogP contribution in [0.15, 0.2) is 18.2 Å². The highest BCUT2D eigenvalue weighted by Gasteiger charge is 2.28. The Morgan fingerprint density at radius 2 is 1.83 bits per heavy atom. The molecule has 5 heteroatoms. The third-order valence-corrected chi connectivity index (χ3v) is 5.15. The summed E-state index contributed by atoms with van der Waals surface area (Å²) in [6.07, 6.45) is 5.53. The van der Waals surface area contributed by atoms with Gasteiger partial charge in [0, 0.05) is 31.1 Å². The Morgan fingerprint density at radius 1 is 1.12 bits per heavy atom. The summed E-state index contributed by atoms with van der Waals surface area (Å²) in [6.45, 7) is 2.83. The molecular formula is C19H28N2O3. The van der Waals surface area contributed by atoms with E-state index in [1.165, 1.54) is 12.0 Å². The number of methoxy groups -OCH3 is 2.